The molecule has 1 aliphatic heterocycles. The van der Waals surface area contributed by atoms with Crippen LogP contribution in [0.5, 0.6) is 0 Å². The normalized spacial score (nSPS) is 26.3. The van der Waals surface area contributed by atoms with Crippen molar-refractivity contribution in [3.8, 4) is 0 Å². The van der Waals surface area contributed by atoms with Crippen LogP contribution < -0.4 is 0 Å². The van der Waals surface area contributed by atoms with E-state index in [1.165, 1.54) is 12.8 Å². The monoisotopic (exact) mass is 465 g/mol. The van der Waals surface area contributed by atoms with Crippen molar-refractivity contribution in [1.82, 2.24) is 4.98 Å². The van der Waals surface area contributed by atoms with Gasteiger partial charge in [-0.05, 0) is 38.7 Å². The van der Waals surface area contributed by atoms with Gasteiger partial charge in [0, 0.05) is 11.3 Å². The first kappa shape index (κ1) is 28.5. The number of carbonyl (C=O) groups is 2. The fourth-order valence-corrected chi connectivity index (χ4v) is 4.62. The van der Waals surface area contributed by atoms with E-state index in [2.05, 4.69) is 17.3 Å². The molecule has 0 bridgehead atoms. The number of thiazole rings is 1. The van der Waals surface area contributed by atoms with Gasteiger partial charge in [0.25, 0.3) is 0 Å². The lowest BCUT2D eigenvalue weighted by Gasteiger charge is -2.32. The van der Waals surface area contributed by atoms with Crippen LogP contribution in [0.25, 0.3) is 6.08 Å². The summed E-state index contributed by atoms with van der Waals surface area (Å²) in [6.45, 7) is 12.0. The smallest absolute Gasteiger partial charge is 0.308 e. The van der Waals surface area contributed by atoms with Gasteiger partial charge in [-0.15, -0.1) is 11.3 Å². The van der Waals surface area contributed by atoms with Gasteiger partial charge in [0.15, 0.2) is 0 Å². The number of aryl methyl sites for hydroxylation is 1. The molecular formula is C26H43NO4S. The molecule has 182 valence electrons. The van der Waals surface area contributed by atoms with Crippen LogP contribution >= 0.6 is 11.3 Å². The number of Topliss-reactive ketones (excluding diaryl/α,β-unsaturated/α-hetero) is 1. The van der Waals surface area contributed by atoms with Crippen LogP contribution in [0.15, 0.2) is 11.5 Å². The quantitative estimate of drug-likeness (QED) is 0.487. The van der Waals surface area contributed by atoms with Gasteiger partial charge in [-0.1, -0.05) is 65.9 Å². The average Bonchev–Trinajstić information content (AvgIpc) is 3.14. The molecule has 2 heterocycles. The molecule has 6 heteroatoms. The minimum Gasteiger partial charge on any atom is -0.466 e. The van der Waals surface area contributed by atoms with E-state index in [-0.39, 0.29) is 18.1 Å². The Morgan fingerprint density at radius 3 is 2.44 bits per heavy atom. The molecule has 1 N–H and O–H groups in total. The number of ether oxygens (including phenoxy) is 1. The van der Waals surface area contributed by atoms with Gasteiger partial charge in [-0.25, -0.2) is 4.98 Å². The number of carbonyl (C=O) groups excluding carboxylic acids is 2. The Labute approximate surface area is 198 Å². The minimum atomic E-state index is -0.992. The Morgan fingerprint density at radius 2 is 1.81 bits per heavy atom. The highest BCUT2D eigenvalue weighted by Crippen LogP contribution is 2.31. The van der Waals surface area contributed by atoms with E-state index >= 15 is 0 Å². The predicted octanol–water partition coefficient (Wildman–Crippen LogP) is 6.38. The van der Waals surface area contributed by atoms with Gasteiger partial charge >= 0.3 is 5.97 Å². The molecule has 0 aliphatic carbocycles. The van der Waals surface area contributed by atoms with Crippen molar-refractivity contribution in [2.75, 3.05) is 6.61 Å². The summed E-state index contributed by atoms with van der Waals surface area (Å²) in [6.07, 6.45) is 10.4. The number of hydrogen-bond donors (Lipinski definition) is 1. The molecule has 1 aromatic rings. The van der Waals surface area contributed by atoms with Gasteiger partial charge in [0.05, 0.1) is 35.2 Å². The number of aliphatic hydroxyl groups is 1. The summed E-state index contributed by atoms with van der Waals surface area (Å²) in [6, 6.07) is 0. The van der Waals surface area contributed by atoms with E-state index in [9.17, 15) is 14.7 Å². The van der Waals surface area contributed by atoms with E-state index in [1.807, 2.05) is 32.9 Å². The zero-order chi connectivity index (χ0) is 24.1. The zero-order valence-electron chi connectivity index (χ0n) is 20.9. The molecule has 1 saturated heterocycles. The van der Waals surface area contributed by atoms with Crippen LogP contribution in [-0.4, -0.2) is 34.6 Å². The van der Waals surface area contributed by atoms with Crippen molar-refractivity contribution in [2.24, 2.45) is 17.3 Å². The van der Waals surface area contributed by atoms with E-state index in [0.717, 1.165) is 42.8 Å². The molecule has 3 atom stereocenters. The van der Waals surface area contributed by atoms with Crippen molar-refractivity contribution in [1.29, 1.82) is 0 Å². The lowest BCUT2D eigenvalue weighted by atomic mass is 9.74. The summed E-state index contributed by atoms with van der Waals surface area (Å²) >= 11 is 1.68. The topological polar surface area (TPSA) is 76.5 Å². The number of rotatable bonds is 1. The summed E-state index contributed by atoms with van der Waals surface area (Å²) in [4.78, 5) is 28.8. The summed E-state index contributed by atoms with van der Waals surface area (Å²) in [5.41, 5.74) is 0.148. The van der Waals surface area contributed by atoms with Crippen LogP contribution in [0, 0.1) is 24.2 Å². The first-order valence-corrected chi connectivity index (χ1v) is 12.9. The van der Waals surface area contributed by atoms with E-state index in [0.29, 0.717) is 12.5 Å². The summed E-state index contributed by atoms with van der Waals surface area (Å²) < 4.78 is 5.18. The number of hydrogen-bond acceptors (Lipinski definition) is 6. The molecule has 1 aliphatic rings. The number of allylic oxidation sites excluding steroid dienone is 1. The second-order valence-electron chi connectivity index (χ2n) is 9.62. The molecule has 0 amide bonds. The number of aromatic nitrogens is 1. The zero-order valence-corrected chi connectivity index (χ0v) is 21.7. The van der Waals surface area contributed by atoms with Crippen LogP contribution in [0.3, 0.4) is 0 Å². The van der Waals surface area contributed by atoms with Crippen LogP contribution in [0.1, 0.15) is 96.7 Å². The van der Waals surface area contributed by atoms with E-state index < -0.39 is 17.5 Å². The highest BCUT2D eigenvalue weighted by Gasteiger charge is 2.39. The fraction of sp³-hybridized carbons (Fsp3) is 0.731. The molecule has 2 rings (SSSR count). The van der Waals surface area contributed by atoms with Crippen molar-refractivity contribution in [3.63, 3.8) is 0 Å². The Bertz CT molecular complexity index is 725. The molecule has 32 heavy (non-hydrogen) atoms. The molecule has 0 aromatic carbocycles. The maximum absolute atomic E-state index is 12.7. The summed E-state index contributed by atoms with van der Waals surface area (Å²) in [5.74, 6) is 0.0431. The second kappa shape index (κ2) is 14.6. The van der Waals surface area contributed by atoms with Gasteiger partial charge in [-0.2, -0.15) is 0 Å². The highest BCUT2D eigenvalue weighted by atomic mass is 32.1. The molecule has 0 unspecified atom stereocenters. The number of nitrogens with zero attached hydrogens (tertiary/aromatic N) is 1. The van der Waals surface area contributed by atoms with Crippen molar-refractivity contribution < 1.29 is 19.4 Å². The maximum atomic E-state index is 12.7. The van der Waals surface area contributed by atoms with Gasteiger partial charge in [0.2, 0.25) is 0 Å². The van der Waals surface area contributed by atoms with Gasteiger partial charge in [0.1, 0.15) is 5.78 Å². The Balaban J connectivity index is 0.000000471. The lowest BCUT2D eigenvalue weighted by Crippen LogP contribution is -2.42. The standard InChI is InChI=1S/C19H34O4.C7H9NS/c1-14-10-8-6-5-7-9-11-23-17(21)13-16(20)19(3,4)18(22)15(2)12-14;1-3-4-7-5-9-6(2)8-7/h14-16,20H,5-13H2,1-4H3;3-5H,1-2H3/b;4-3-/t14-,15+,16-;/m0./s1. The Hall–Kier alpha value is -1.53. The molecule has 5 nitrogen and oxygen atoms in total. The maximum Gasteiger partial charge on any atom is 0.308 e. The molecule has 0 spiro atoms. The summed E-state index contributed by atoms with van der Waals surface area (Å²) in [7, 11) is 0. The highest BCUT2D eigenvalue weighted by molar-refractivity contribution is 7.09. The van der Waals surface area contributed by atoms with Crippen LogP contribution in [0.2, 0.25) is 0 Å². The minimum absolute atomic E-state index is 0.0387. The molecule has 1 fully saturated rings. The summed E-state index contributed by atoms with van der Waals surface area (Å²) in [5, 5.41) is 13.5. The number of ketones is 1. The van der Waals surface area contributed by atoms with Crippen LogP contribution in [0.4, 0.5) is 0 Å². The lowest BCUT2D eigenvalue weighted by molar-refractivity contribution is -0.150. The van der Waals surface area contributed by atoms with Crippen LogP contribution in [-0.2, 0) is 14.3 Å². The third-order valence-corrected chi connectivity index (χ3v) is 6.90. The number of aliphatic hydroxyl groups excluding tert-OH is 1. The first-order valence-electron chi connectivity index (χ1n) is 12.0. The Morgan fingerprint density at radius 1 is 1.16 bits per heavy atom. The molecule has 1 aromatic heterocycles. The van der Waals surface area contributed by atoms with Crippen molar-refractivity contribution >= 4 is 29.2 Å². The second-order valence-corrected chi connectivity index (χ2v) is 10.7. The predicted molar refractivity (Wildman–Crippen MR) is 133 cm³/mol. The van der Waals surface area contributed by atoms with Gasteiger partial charge < -0.3 is 9.84 Å². The average molecular weight is 466 g/mol. The number of cyclic esters (lactones) is 1. The van der Waals surface area contributed by atoms with E-state index in [4.69, 9.17) is 4.74 Å². The molecule has 0 radical (unpaired) electrons. The molecular weight excluding hydrogens is 422 g/mol. The SMILES string of the molecule is C/C=C\c1csc(C)n1.C[C@H]1CCCCCCCOC(=O)C[C@H](O)C(C)(C)C(=O)[C@H](C)C1. The fourth-order valence-electron chi connectivity index (χ4n) is 4.04. The van der Waals surface area contributed by atoms with Crippen molar-refractivity contribution in [2.45, 2.75) is 99.0 Å². The Kier molecular flexibility index (Phi) is 13.0. The first-order chi connectivity index (χ1) is 15.1. The third kappa shape index (κ3) is 10.4. The largest absolute Gasteiger partial charge is 0.466 e. The number of esters is 1. The van der Waals surface area contributed by atoms with Gasteiger partial charge in [-0.3, -0.25) is 9.59 Å². The third-order valence-electron chi connectivity index (χ3n) is 6.11. The molecule has 0 saturated carbocycles. The van der Waals surface area contributed by atoms with E-state index in [1.54, 1.807) is 25.2 Å². The van der Waals surface area contributed by atoms with Crippen molar-refractivity contribution in [3.05, 3.63) is 22.2 Å².